The topological polar surface area (TPSA) is 54.4 Å². The molecule has 0 heterocycles. The van der Waals surface area contributed by atoms with Gasteiger partial charge in [-0.2, -0.15) is 0 Å². The zero-order valence-corrected chi connectivity index (χ0v) is 11.1. The van der Waals surface area contributed by atoms with Crippen molar-refractivity contribution in [2.24, 2.45) is 0 Å². The number of thioether (sulfide) groups is 1. The molecule has 1 aromatic carbocycles. The van der Waals surface area contributed by atoms with Gasteiger partial charge < -0.3 is 5.11 Å². The van der Waals surface area contributed by atoms with Crippen molar-refractivity contribution in [2.45, 2.75) is 19.8 Å². The van der Waals surface area contributed by atoms with E-state index in [-0.39, 0.29) is 11.5 Å². The predicted octanol–water partition coefficient (Wildman–Crippen LogP) is 3.00. The summed E-state index contributed by atoms with van der Waals surface area (Å²) in [5.41, 5.74) is 2.07. The van der Waals surface area contributed by atoms with Gasteiger partial charge in [0.15, 0.2) is 5.12 Å². The zero-order valence-electron chi connectivity index (χ0n) is 10.3. The minimum Gasteiger partial charge on any atom is -0.481 e. The molecule has 0 unspecified atom stereocenters. The molecule has 3 nitrogen and oxygen atoms in total. The summed E-state index contributed by atoms with van der Waals surface area (Å²) in [7, 11) is 0. The molecule has 4 heteroatoms. The van der Waals surface area contributed by atoms with Gasteiger partial charge in [0.05, 0.1) is 0 Å². The molecule has 0 spiro atoms. The average Bonchev–Trinajstić information content (AvgIpc) is 2.33. The highest BCUT2D eigenvalue weighted by Gasteiger charge is 1.98. The molecule has 1 N–H and O–H groups in total. The van der Waals surface area contributed by atoms with Crippen molar-refractivity contribution in [1.82, 2.24) is 0 Å². The summed E-state index contributed by atoms with van der Waals surface area (Å²) < 4.78 is 0. The van der Waals surface area contributed by atoms with Crippen LogP contribution in [0.4, 0.5) is 0 Å². The molecule has 0 amide bonds. The third-order valence-electron chi connectivity index (χ3n) is 2.30. The normalized spacial score (nSPS) is 10.7. The van der Waals surface area contributed by atoms with Crippen molar-refractivity contribution < 1.29 is 14.7 Å². The summed E-state index contributed by atoms with van der Waals surface area (Å²) in [4.78, 5) is 21.1. The van der Waals surface area contributed by atoms with E-state index in [0.717, 1.165) is 11.1 Å². The monoisotopic (exact) mass is 264 g/mol. The standard InChI is InChI=1S/C14H16O3S/c1-11(15)18-10-2-3-12-4-6-13(7-5-12)8-9-14(16)17/h2-7H,8-10H2,1H3,(H,16,17). The number of hydrogen-bond acceptors (Lipinski definition) is 3. The number of carbonyl (C=O) groups is 2. The summed E-state index contributed by atoms with van der Waals surface area (Å²) in [6.07, 6.45) is 4.61. The second-order valence-electron chi connectivity index (χ2n) is 3.84. The molecule has 0 fully saturated rings. The first-order valence-corrected chi connectivity index (χ1v) is 6.67. The van der Waals surface area contributed by atoms with Crippen LogP contribution in [0, 0.1) is 0 Å². The van der Waals surface area contributed by atoms with Gasteiger partial charge in [-0.3, -0.25) is 9.59 Å². The Morgan fingerprint density at radius 1 is 1.28 bits per heavy atom. The molecular weight excluding hydrogens is 248 g/mol. The van der Waals surface area contributed by atoms with E-state index in [1.54, 1.807) is 6.92 Å². The lowest BCUT2D eigenvalue weighted by atomic mass is 10.1. The zero-order chi connectivity index (χ0) is 13.4. The summed E-state index contributed by atoms with van der Waals surface area (Å²) in [6, 6.07) is 7.76. The van der Waals surface area contributed by atoms with Gasteiger partial charge in [-0.25, -0.2) is 0 Å². The number of benzene rings is 1. The third kappa shape index (κ3) is 6.25. The highest BCUT2D eigenvalue weighted by atomic mass is 32.2. The van der Waals surface area contributed by atoms with Gasteiger partial charge in [0.2, 0.25) is 0 Å². The van der Waals surface area contributed by atoms with Crippen LogP contribution in [0.3, 0.4) is 0 Å². The van der Waals surface area contributed by atoms with E-state index in [0.29, 0.717) is 12.2 Å². The van der Waals surface area contributed by atoms with E-state index < -0.39 is 5.97 Å². The van der Waals surface area contributed by atoms with E-state index in [1.807, 2.05) is 36.4 Å². The Balaban J connectivity index is 2.44. The number of aliphatic carboxylic acids is 1. The molecule has 1 aromatic rings. The SMILES string of the molecule is CC(=O)SCC=Cc1ccc(CCC(=O)O)cc1. The highest BCUT2D eigenvalue weighted by molar-refractivity contribution is 8.13. The fourth-order valence-electron chi connectivity index (χ4n) is 1.40. The van der Waals surface area contributed by atoms with Gasteiger partial charge in [0.1, 0.15) is 0 Å². The van der Waals surface area contributed by atoms with Gasteiger partial charge in [-0.1, -0.05) is 48.2 Å². The lowest BCUT2D eigenvalue weighted by Gasteiger charge is -1.99. The number of carbonyl (C=O) groups excluding carboxylic acids is 1. The van der Waals surface area contributed by atoms with Crippen molar-refractivity contribution in [3.05, 3.63) is 41.5 Å². The number of carboxylic acids is 1. The molecule has 1 rings (SSSR count). The first kappa shape index (κ1) is 14.5. The molecule has 0 aliphatic rings. The van der Waals surface area contributed by atoms with E-state index in [1.165, 1.54) is 11.8 Å². The molecule has 0 saturated heterocycles. The van der Waals surface area contributed by atoms with Gasteiger partial charge in [-0.05, 0) is 17.5 Å². The van der Waals surface area contributed by atoms with Gasteiger partial charge >= 0.3 is 5.97 Å². The Morgan fingerprint density at radius 2 is 1.94 bits per heavy atom. The maximum atomic E-state index is 10.7. The Hall–Kier alpha value is -1.55. The predicted molar refractivity (Wildman–Crippen MR) is 74.6 cm³/mol. The minimum atomic E-state index is -0.778. The molecular formula is C14H16O3S. The lowest BCUT2D eigenvalue weighted by Crippen LogP contribution is -1.97. The Labute approximate surface area is 111 Å². The molecule has 0 aliphatic heterocycles. The Morgan fingerprint density at radius 3 is 2.50 bits per heavy atom. The number of rotatable bonds is 6. The molecule has 0 aromatic heterocycles. The third-order valence-corrected chi connectivity index (χ3v) is 3.07. The molecule has 96 valence electrons. The van der Waals surface area contributed by atoms with Gasteiger partial charge in [-0.15, -0.1) is 0 Å². The fraction of sp³-hybridized carbons (Fsp3) is 0.286. The lowest BCUT2D eigenvalue weighted by molar-refractivity contribution is -0.137. The first-order valence-electron chi connectivity index (χ1n) is 5.68. The largest absolute Gasteiger partial charge is 0.481 e. The van der Waals surface area contributed by atoms with Crippen molar-refractivity contribution in [3.8, 4) is 0 Å². The van der Waals surface area contributed by atoms with E-state index in [4.69, 9.17) is 5.11 Å². The van der Waals surface area contributed by atoms with E-state index in [2.05, 4.69) is 0 Å². The van der Waals surface area contributed by atoms with Crippen LogP contribution in [0.1, 0.15) is 24.5 Å². The second kappa shape index (κ2) is 7.71. The van der Waals surface area contributed by atoms with E-state index in [9.17, 15) is 9.59 Å². The van der Waals surface area contributed by atoms with Crippen LogP contribution < -0.4 is 0 Å². The maximum Gasteiger partial charge on any atom is 0.303 e. The minimum absolute atomic E-state index is 0.115. The average molecular weight is 264 g/mol. The number of carboxylic acid groups (broad SMARTS) is 1. The fourth-order valence-corrected chi connectivity index (χ4v) is 1.82. The van der Waals surface area contributed by atoms with Crippen molar-refractivity contribution >= 4 is 28.9 Å². The molecule has 18 heavy (non-hydrogen) atoms. The smallest absolute Gasteiger partial charge is 0.303 e. The molecule has 0 saturated carbocycles. The molecule has 0 radical (unpaired) electrons. The molecule has 0 atom stereocenters. The first-order chi connectivity index (χ1) is 8.58. The van der Waals surface area contributed by atoms with Gasteiger partial charge in [0.25, 0.3) is 0 Å². The summed E-state index contributed by atoms with van der Waals surface area (Å²) in [6.45, 7) is 1.55. The molecule has 0 bridgehead atoms. The van der Waals surface area contributed by atoms with Crippen LogP contribution >= 0.6 is 11.8 Å². The Kier molecular flexibility index (Phi) is 6.22. The number of aryl methyl sites for hydroxylation is 1. The number of hydrogen-bond donors (Lipinski definition) is 1. The van der Waals surface area contributed by atoms with Crippen LogP contribution in [0.25, 0.3) is 6.08 Å². The summed E-state index contributed by atoms with van der Waals surface area (Å²) in [5.74, 6) is -0.101. The van der Waals surface area contributed by atoms with Gasteiger partial charge in [0, 0.05) is 19.1 Å². The summed E-state index contributed by atoms with van der Waals surface area (Å²) >= 11 is 1.27. The maximum absolute atomic E-state index is 10.7. The van der Waals surface area contributed by atoms with Crippen LogP contribution in [-0.2, 0) is 16.0 Å². The highest BCUT2D eigenvalue weighted by Crippen LogP contribution is 2.09. The van der Waals surface area contributed by atoms with Crippen LogP contribution in [0.15, 0.2) is 30.3 Å². The van der Waals surface area contributed by atoms with Crippen LogP contribution in [0.2, 0.25) is 0 Å². The van der Waals surface area contributed by atoms with Crippen LogP contribution in [0.5, 0.6) is 0 Å². The summed E-state index contributed by atoms with van der Waals surface area (Å²) in [5, 5.41) is 8.69. The molecule has 0 aliphatic carbocycles. The second-order valence-corrected chi connectivity index (χ2v) is 5.04. The van der Waals surface area contributed by atoms with E-state index >= 15 is 0 Å². The van der Waals surface area contributed by atoms with Crippen LogP contribution in [-0.4, -0.2) is 21.9 Å². The van der Waals surface area contributed by atoms with Crippen molar-refractivity contribution in [3.63, 3.8) is 0 Å². The Bertz CT molecular complexity index is 435. The quantitative estimate of drug-likeness (QED) is 0.858. The van der Waals surface area contributed by atoms with Crippen molar-refractivity contribution in [2.75, 3.05) is 5.75 Å². The van der Waals surface area contributed by atoms with Crippen molar-refractivity contribution in [1.29, 1.82) is 0 Å².